The normalized spacial score (nSPS) is 15.0. The zero-order chi connectivity index (χ0) is 25.2. The van der Waals surface area contributed by atoms with Crippen LogP contribution in [0, 0.1) is 0 Å². The van der Waals surface area contributed by atoms with E-state index in [1.165, 1.54) is 25.1 Å². The van der Waals surface area contributed by atoms with Crippen molar-refractivity contribution in [1.82, 2.24) is 0 Å². The largest absolute Gasteiger partial charge is 0.482 e. The maximum atomic E-state index is 11.9. The summed E-state index contributed by atoms with van der Waals surface area (Å²) in [6, 6.07) is 32.4. The second-order valence-electron chi connectivity index (χ2n) is 8.57. The molecule has 7 heteroatoms. The molecule has 0 bridgehead atoms. The highest BCUT2D eigenvalue weighted by molar-refractivity contribution is 7.50. The molecule has 0 spiro atoms. The smallest absolute Gasteiger partial charge is 0.347 e. The van der Waals surface area contributed by atoms with E-state index in [0.29, 0.717) is 17.9 Å². The van der Waals surface area contributed by atoms with Crippen molar-refractivity contribution in [3.8, 4) is 22.1 Å². The highest BCUT2D eigenvalue weighted by Gasteiger charge is 2.30. The first kappa shape index (κ1) is 23.1. The fraction of sp³-hybridized carbons (Fsp3) is 0.133. The van der Waals surface area contributed by atoms with Crippen LogP contribution in [-0.4, -0.2) is 31.3 Å². The molecule has 0 N–H and O–H groups in total. The van der Waals surface area contributed by atoms with E-state index in [1.54, 1.807) is 24.3 Å². The molecule has 37 heavy (non-hydrogen) atoms. The summed E-state index contributed by atoms with van der Waals surface area (Å²) in [5.74, 6) is 0.747. The summed E-state index contributed by atoms with van der Waals surface area (Å²) in [5, 5.41) is 2.61. The number of ether oxygens (including phenoxy) is 4. The zero-order valence-corrected chi connectivity index (χ0v) is 20.6. The van der Waals surface area contributed by atoms with Crippen molar-refractivity contribution in [2.75, 3.05) is 13.2 Å². The van der Waals surface area contributed by atoms with E-state index in [4.69, 9.17) is 18.9 Å². The number of cyclic esters (lactones) is 1. The van der Waals surface area contributed by atoms with Gasteiger partial charge in [0.05, 0.1) is 6.61 Å². The lowest BCUT2D eigenvalue weighted by Crippen LogP contribution is -2.26. The molecule has 1 saturated heterocycles. The molecule has 6 nitrogen and oxygen atoms in total. The number of thiophene rings is 1. The summed E-state index contributed by atoms with van der Waals surface area (Å²) < 4.78 is 24.0. The van der Waals surface area contributed by atoms with Gasteiger partial charge in [-0.25, -0.2) is 9.59 Å². The van der Waals surface area contributed by atoms with E-state index in [0.717, 1.165) is 5.75 Å². The van der Waals surface area contributed by atoms with Gasteiger partial charge in [-0.2, -0.15) is 0 Å². The third-order valence-corrected chi connectivity index (χ3v) is 8.48. The first-order valence-electron chi connectivity index (χ1n) is 12.0. The maximum absolute atomic E-state index is 11.9. The van der Waals surface area contributed by atoms with Gasteiger partial charge < -0.3 is 18.9 Å². The molecule has 0 saturated carbocycles. The molecule has 0 radical (unpaired) electrons. The summed E-state index contributed by atoms with van der Waals surface area (Å²) in [5.41, 5.74) is 0. The van der Waals surface area contributed by atoms with Crippen molar-refractivity contribution in [1.29, 1.82) is 0 Å². The average Bonchev–Trinajstić information content (AvgIpc) is 3.49. The quantitative estimate of drug-likeness (QED) is 0.178. The maximum Gasteiger partial charge on any atom is 0.347 e. The Morgan fingerprint density at radius 2 is 1.35 bits per heavy atom. The summed E-state index contributed by atoms with van der Waals surface area (Å²) in [4.78, 5) is 24.5. The number of fused-ring (bicyclic) bond motifs is 3. The zero-order valence-electron chi connectivity index (χ0n) is 19.8. The molecule has 0 amide bonds. The fourth-order valence-corrected chi connectivity index (χ4v) is 6.79. The van der Waals surface area contributed by atoms with Crippen LogP contribution in [0.4, 0.5) is 0 Å². The topological polar surface area (TPSA) is 71.1 Å². The monoisotopic (exact) mass is 511 g/mol. The molecule has 1 aromatic heterocycles. The van der Waals surface area contributed by atoms with Crippen LogP contribution < -0.4 is 9.47 Å². The Morgan fingerprint density at radius 3 is 1.95 bits per heavy atom. The molecular formula is C30H23O6S+. The molecule has 5 aromatic rings. The van der Waals surface area contributed by atoms with Crippen LogP contribution in [0.1, 0.15) is 6.42 Å². The van der Waals surface area contributed by atoms with Crippen molar-refractivity contribution in [3.63, 3.8) is 0 Å². The number of esters is 2. The van der Waals surface area contributed by atoms with Crippen molar-refractivity contribution >= 4 is 42.6 Å². The van der Waals surface area contributed by atoms with Crippen molar-refractivity contribution in [2.24, 2.45) is 0 Å². The number of carbonyl (C=O) groups is 2. The van der Waals surface area contributed by atoms with E-state index >= 15 is 0 Å². The lowest BCUT2D eigenvalue weighted by atomic mass is 10.2. The van der Waals surface area contributed by atoms with Gasteiger partial charge in [-0.1, -0.05) is 24.3 Å². The predicted octanol–water partition coefficient (Wildman–Crippen LogP) is 6.76. The van der Waals surface area contributed by atoms with Crippen molar-refractivity contribution < 1.29 is 28.5 Å². The van der Waals surface area contributed by atoms with Crippen LogP contribution in [0.2, 0.25) is 0 Å². The van der Waals surface area contributed by atoms with Crippen molar-refractivity contribution in [3.05, 3.63) is 97.1 Å². The Balaban J connectivity index is 1.12. The average molecular weight is 512 g/mol. The van der Waals surface area contributed by atoms with E-state index in [2.05, 4.69) is 60.7 Å². The van der Waals surface area contributed by atoms with Gasteiger partial charge in [0.2, 0.25) is 6.10 Å². The van der Waals surface area contributed by atoms with Crippen LogP contribution in [0.5, 0.6) is 17.2 Å². The van der Waals surface area contributed by atoms with Gasteiger partial charge in [0.25, 0.3) is 0 Å². The van der Waals surface area contributed by atoms with Gasteiger partial charge in [-0.05, 0) is 60.7 Å². The highest BCUT2D eigenvalue weighted by atomic mass is 32.2. The van der Waals surface area contributed by atoms with Crippen LogP contribution in [0.15, 0.2) is 97.1 Å². The molecule has 1 aliphatic rings. The van der Waals surface area contributed by atoms with Crippen LogP contribution in [0.3, 0.4) is 0 Å². The van der Waals surface area contributed by atoms with E-state index in [1.807, 2.05) is 12.1 Å². The number of rotatable bonds is 7. The van der Waals surface area contributed by atoms with Gasteiger partial charge in [0.15, 0.2) is 20.9 Å². The molecule has 1 unspecified atom stereocenters. The van der Waals surface area contributed by atoms with Gasteiger partial charge in [0.1, 0.15) is 17.2 Å². The minimum atomic E-state index is -0.836. The van der Waals surface area contributed by atoms with E-state index < -0.39 is 18.0 Å². The second-order valence-corrected chi connectivity index (χ2v) is 10.5. The second kappa shape index (κ2) is 9.95. The Morgan fingerprint density at radius 1 is 0.784 bits per heavy atom. The van der Waals surface area contributed by atoms with Gasteiger partial charge >= 0.3 is 11.9 Å². The van der Waals surface area contributed by atoms with Crippen LogP contribution in [-0.2, 0) is 19.1 Å². The summed E-state index contributed by atoms with van der Waals surface area (Å²) in [6.07, 6.45) is -0.462. The first-order chi connectivity index (χ1) is 18.2. The Labute approximate surface area is 215 Å². The summed E-state index contributed by atoms with van der Waals surface area (Å²) in [6.45, 7) is -0.0235. The number of carbonyl (C=O) groups excluding carboxylic acids is 2. The Hall–Kier alpha value is -4.36. The molecule has 184 valence electrons. The molecule has 6 rings (SSSR count). The highest BCUT2D eigenvalue weighted by Crippen LogP contribution is 2.48. The Bertz CT molecular complexity index is 1530. The SMILES string of the molecule is O=C(COc1ccc(Oc2ccc(-[s+]3c4ccccc4c4ccccc43)cc2)cc1)OC1CCOC1=O. The van der Waals surface area contributed by atoms with E-state index in [-0.39, 0.29) is 23.7 Å². The van der Waals surface area contributed by atoms with Gasteiger partial charge in [-0.15, -0.1) is 0 Å². The summed E-state index contributed by atoms with van der Waals surface area (Å²) >= 11 is 0. The minimum Gasteiger partial charge on any atom is -0.482 e. The van der Waals surface area contributed by atoms with Gasteiger partial charge in [0, 0.05) is 39.8 Å². The number of benzene rings is 4. The van der Waals surface area contributed by atoms with E-state index in [9.17, 15) is 9.59 Å². The third kappa shape index (κ3) is 4.73. The van der Waals surface area contributed by atoms with Crippen LogP contribution in [0.25, 0.3) is 25.1 Å². The first-order valence-corrected chi connectivity index (χ1v) is 13.2. The fourth-order valence-electron chi connectivity index (χ4n) is 4.41. The predicted molar refractivity (Wildman–Crippen MR) is 143 cm³/mol. The molecule has 4 aromatic carbocycles. The molecule has 1 fully saturated rings. The number of hydrogen-bond donors (Lipinski definition) is 0. The molecule has 1 atom stereocenters. The summed E-state index contributed by atoms with van der Waals surface area (Å²) in [7, 11) is -0.144. The Kier molecular flexibility index (Phi) is 6.20. The molecule has 0 aliphatic carbocycles. The third-order valence-electron chi connectivity index (χ3n) is 6.14. The lowest BCUT2D eigenvalue weighted by Gasteiger charge is -2.10. The molecule has 1 aliphatic heterocycles. The van der Waals surface area contributed by atoms with Crippen LogP contribution >= 0.6 is 10.5 Å². The van der Waals surface area contributed by atoms with Crippen molar-refractivity contribution in [2.45, 2.75) is 12.5 Å². The molecule has 2 heterocycles. The molecular weight excluding hydrogens is 488 g/mol. The van der Waals surface area contributed by atoms with Gasteiger partial charge in [-0.3, -0.25) is 0 Å². The number of hydrogen-bond acceptors (Lipinski definition) is 6. The standard InChI is InChI=1S/C30H23O6S/c31-29(36-26-17-18-33-30(26)32)19-34-20-9-11-21(12-10-20)35-22-13-15-23(16-14-22)37-27-7-3-1-5-24(27)25-6-2-4-8-28(25)37/h1-16,26H,17-19H2/q+1. The minimum absolute atomic E-state index is 0.144. The lowest BCUT2D eigenvalue weighted by molar-refractivity contribution is -0.161.